The molecule has 0 aromatic heterocycles. The molecule has 0 radical (unpaired) electrons. The Labute approximate surface area is 64.8 Å². The van der Waals surface area contributed by atoms with E-state index in [1.165, 1.54) is 0 Å². The van der Waals surface area contributed by atoms with E-state index in [0.717, 1.165) is 5.56 Å². The summed E-state index contributed by atoms with van der Waals surface area (Å²) in [4.78, 5) is 0. The molecular weight excluding hydrogens is 138 g/mol. The van der Waals surface area contributed by atoms with Gasteiger partial charge in [-0.2, -0.15) is 10.4 Å². The summed E-state index contributed by atoms with van der Waals surface area (Å²) in [7, 11) is 0. The van der Waals surface area contributed by atoms with Crippen molar-refractivity contribution >= 4 is 5.71 Å². The molecule has 0 unspecified atom stereocenters. The van der Waals surface area contributed by atoms with Crippen molar-refractivity contribution in [2.24, 2.45) is 10.9 Å². The van der Waals surface area contributed by atoms with E-state index in [1.807, 2.05) is 24.3 Å². The Morgan fingerprint density at radius 3 is 2.45 bits per heavy atom. The zero-order valence-electron chi connectivity index (χ0n) is 5.86. The summed E-state index contributed by atoms with van der Waals surface area (Å²) in [5.41, 5.74) is 1.00. The first-order valence-corrected chi connectivity index (χ1v) is 3.12. The van der Waals surface area contributed by atoms with Crippen LogP contribution in [0.15, 0.2) is 35.4 Å². The van der Waals surface area contributed by atoms with Gasteiger partial charge in [-0.15, -0.1) is 0 Å². The molecule has 1 aromatic carbocycles. The van der Waals surface area contributed by atoms with Gasteiger partial charge in [0.15, 0.2) is 5.71 Å². The van der Waals surface area contributed by atoms with E-state index < -0.39 is 0 Å². The highest BCUT2D eigenvalue weighted by Crippen LogP contribution is 1.98. The average molecular weight is 145 g/mol. The smallest absolute Gasteiger partial charge is 0.167 e. The minimum Gasteiger partial charge on any atom is -0.322 e. The molecular formula is C8H7N3. The van der Waals surface area contributed by atoms with Crippen LogP contribution in [0.5, 0.6) is 0 Å². The first kappa shape index (κ1) is 7.29. The van der Waals surface area contributed by atoms with Crippen LogP contribution in [0.4, 0.5) is 0 Å². The second-order valence-electron chi connectivity index (χ2n) is 1.96. The van der Waals surface area contributed by atoms with Gasteiger partial charge >= 0.3 is 0 Å². The molecule has 0 aliphatic carbocycles. The highest BCUT2D eigenvalue weighted by atomic mass is 15.1. The van der Waals surface area contributed by atoms with Crippen LogP contribution in [0.2, 0.25) is 0 Å². The lowest BCUT2D eigenvalue weighted by Gasteiger charge is -1.92. The third-order valence-electron chi connectivity index (χ3n) is 1.28. The van der Waals surface area contributed by atoms with E-state index >= 15 is 0 Å². The summed E-state index contributed by atoms with van der Waals surface area (Å²) in [6, 6.07) is 11.0. The summed E-state index contributed by atoms with van der Waals surface area (Å²) < 4.78 is 0. The molecule has 54 valence electrons. The summed E-state index contributed by atoms with van der Waals surface area (Å²) in [5, 5.41) is 11.9. The third kappa shape index (κ3) is 1.55. The number of nitrogens with zero attached hydrogens (tertiary/aromatic N) is 2. The van der Waals surface area contributed by atoms with Crippen molar-refractivity contribution in [2.75, 3.05) is 0 Å². The number of nitriles is 1. The molecule has 3 heteroatoms. The highest BCUT2D eigenvalue weighted by molar-refractivity contribution is 6.11. The fourth-order valence-electron chi connectivity index (χ4n) is 0.764. The van der Waals surface area contributed by atoms with Crippen molar-refractivity contribution in [3.8, 4) is 6.07 Å². The molecule has 0 bridgehead atoms. The van der Waals surface area contributed by atoms with E-state index in [1.54, 1.807) is 12.1 Å². The Hall–Kier alpha value is -1.82. The van der Waals surface area contributed by atoms with Gasteiger partial charge in [-0.25, -0.2) is 0 Å². The third-order valence-corrected chi connectivity index (χ3v) is 1.28. The van der Waals surface area contributed by atoms with Gasteiger partial charge in [-0.3, -0.25) is 0 Å². The Morgan fingerprint density at radius 2 is 2.00 bits per heavy atom. The molecule has 0 saturated carbocycles. The molecule has 1 rings (SSSR count). The lowest BCUT2D eigenvalue weighted by Crippen LogP contribution is -1.99. The predicted octanol–water partition coefficient (Wildman–Crippen LogP) is 0.873. The predicted molar refractivity (Wildman–Crippen MR) is 42.8 cm³/mol. The van der Waals surface area contributed by atoms with Crippen LogP contribution in [0.25, 0.3) is 0 Å². The maximum absolute atomic E-state index is 8.52. The van der Waals surface area contributed by atoms with Crippen molar-refractivity contribution in [1.29, 1.82) is 5.26 Å². The number of hydrogen-bond donors (Lipinski definition) is 1. The maximum atomic E-state index is 8.52. The van der Waals surface area contributed by atoms with Gasteiger partial charge in [0, 0.05) is 5.56 Å². The van der Waals surface area contributed by atoms with Crippen LogP contribution in [0.1, 0.15) is 5.56 Å². The Bertz CT molecular complexity index is 295. The zero-order chi connectivity index (χ0) is 8.10. The first-order chi connectivity index (χ1) is 5.38. The van der Waals surface area contributed by atoms with Gasteiger partial charge in [0.05, 0.1) is 0 Å². The minimum absolute atomic E-state index is 0.255. The monoisotopic (exact) mass is 145 g/mol. The molecule has 11 heavy (non-hydrogen) atoms. The summed E-state index contributed by atoms with van der Waals surface area (Å²) >= 11 is 0. The average Bonchev–Trinajstić information content (AvgIpc) is 2.09. The minimum atomic E-state index is 0.255. The van der Waals surface area contributed by atoms with Gasteiger partial charge < -0.3 is 5.84 Å². The van der Waals surface area contributed by atoms with Crippen molar-refractivity contribution in [3.05, 3.63) is 35.9 Å². The van der Waals surface area contributed by atoms with Crippen molar-refractivity contribution in [1.82, 2.24) is 0 Å². The fraction of sp³-hybridized carbons (Fsp3) is 0. The highest BCUT2D eigenvalue weighted by Gasteiger charge is 1.97. The molecule has 0 spiro atoms. The number of hydrazone groups is 1. The van der Waals surface area contributed by atoms with Crippen LogP contribution in [0.3, 0.4) is 0 Å². The van der Waals surface area contributed by atoms with E-state index in [0.29, 0.717) is 0 Å². The van der Waals surface area contributed by atoms with Gasteiger partial charge in [-0.1, -0.05) is 30.3 Å². The second kappa shape index (κ2) is 3.37. The first-order valence-electron chi connectivity index (χ1n) is 3.12. The van der Waals surface area contributed by atoms with E-state index in [9.17, 15) is 0 Å². The van der Waals surface area contributed by atoms with Crippen LogP contribution in [0, 0.1) is 11.3 Å². The molecule has 0 aliphatic rings. The molecule has 2 N–H and O–H groups in total. The molecule has 0 heterocycles. The van der Waals surface area contributed by atoms with Crippen LogP contribution in [-0.4, -0.2) is 5.71 Å². The summed E-state index contributed by atoms with van der Waals surface area (Å²) in [6.45, 7) is 0. The largest absolute Gasteiger partial charge is 0.322 e. The number of benzene rings is 1. The van der Waals surface area contributed by atoms with Gasteiger partial charge in [0.1, 0.15) is 6.07 Å². The molecule has 0 aliphatic heterocycles. The fourth-order valence-corrected chi connectivity index (χ4v) is 0.764. The summed E-state index contributed by atoms with van der Waals surface area (Å²) in [6.07, 6.45) is 0. The quantitative estimate of drug-likeness (QED) is 0.362. The molecule has 0 fully saturated rings. The van der Waals surface area contributed by atoms with E-state index in [4.69, 9.17) is 11.1 Å². The van der Waals surface area contributed by atoms with Gasteiger partial charge in [0.2, 0.25) is 0 Å². The lowest BCUT2D eigenvalue weighted by molar-refractivity contribution is 1.25. The lowest BCUT2D eigenvalue weighted by atomic mass is 10.1. The van der Waals surface area contributed by atoms with Crippen molar-refractivity contribution in [2.45, 2.75) is 0 Å². The van der Waals surface area contributed by atoms with E-state index in [2.05, 4.69) is 5.10 Å². The second-order valence-corrected chi connectivity index (χ2v) is 1.96. The topological polar surface area (TPSA) is 62.2 Å². The number of nitrogens with two attached hydrogens (primary N) is 1. The van der Waals surface area contributed by atoms with Crippen LogP contribution in [-0.2, 0) is 0 Å². The van der Waals surface area contributed by atoms with Gasteiger partial charge in [0.25, 0.3) is 0 Å². The zero-order valence-corrected chi connectivity index (χ0v) is 5.86. The summed E-state index contributed by atoms with van der Waals surface area (Å²) in [5.74, 6) is 4.98. The molecule has 0 amide bonds. The number of hydrogen-bond acceptors (Lipinski definition) is 3. The molecule has 0 atom stereocenters. The SMILES string of the molecule is N#CC(=NN)c1ccccc1. The van der Waals surface area contributed by atoms with Crippen molar-refractivity contribution in [3.63, 3.8) is 0 Å². The van der Waals surface area contributed by atoms with Crippen LogP contribution < -0.4 is 5.84 Å². The Kier molecular flexibility index (Phi) is 2.24. The number of rotatable bonds is 1. The Morgan fingerprint density at radius 1 is 1.36 bits per heavy atom. The molecule has 0 saturated heterocycles. The van der Waals surface area contributed by atoms with Gasteiger partial charge in [-0.05, 0) is 0 Å². The van der Waals surface area contributed by atoms with E-state index in [-0.39, 0.29) is 5.71 Å². The maximum Gasteiger partial charge on any atom is 0.167 e. The molecule has 1 aromatic rings. The van der Waals surface area contributed by atoms with Crippen molar-refractivity contribution < 1.29 is 0 Å². The Balaban J connectivity index is 3.05. The standard InChI is InChI=1S/C8H7N3/c9-6-8(11-10)7-4-2-1-3-5-7/h1-5H,10H2. The van der Waals surface area contributed by atoms with Crippen LogP contribution >= 0.6 is 0 Å². The normalized spacial score (nSPS) is 10.6. The molecule has 3 nitrogen and oxygen atoms in total.